The molecule has 1 heterocycles. The first-order valence-electron chi connectivity index (χ1n) is 8.50. The maximum atomic E-state index is 5.96. The number of rotatable bonds is 7. The monoisotopic (exact) mass is 292 g/mol. The van der Waals surface area contributed by atoms with Crippen LogP contribution in [0.1, 0.15) is 30.4 Å². The molecule has 0 aromatic heterocycles. The van der Waals surface area contributed by atoms with Crippen molar-refractivity contribution in [1.82, 2.24) is 0 Å². The zero-order valence-corrected chi connectivity index (χ0v) is 14.0. The molecule has 3 nitrogen and oxygen atoms in total. The molecule has 3 heteroatoms. The molecule has 0 unspecified atom stereocenters. The fraction of sp³-hybridized carbons (Fsp3) is 0.667. The van der Waals surface area contributed by atoms with E-state index in [1.165, 1.54) is 63.1 Å². The van der Waals surface area contributed by atoms with E-state index in [2.05, 4.69) is 39.1 Å². The molecule has 0 atom stereocenters. The molecule has 1 aliphatic rings. The summed E-state index contributed by atoms with van der Waals surface area (Å²) >= 11 is 0. The number of ether oxygens (including phenoxy) is 1. The summed E-state index contributed by atoms with van der Waals surface area (Å²) in [5, 5.41) is 0. The molecule has 0 saturated carbocycles. The van der Waals surface area contributed by atoms with Crippen LogP contribution >= 0.6 is 0 Å². The quantitative estimate of drug-likeness (QED) is 0.690. The fourth-order valence-electron chi connectivity index (χ4n) is 3.14. The van der Waals surface area contributed by atoms with Gasteiger partial charge >= 0.3 is 0 Å². The van der Waals surface area contributed by atoms with E-state index in [4.69, 9.17) is 4.74 Å². The molecule has 1 fully saturated rings. The molecule has 21 heavy (non-hydrogen) atoms. The topological polar surface area (TPSA) is 18.1 Å². The van der Waals surface area contributed by atoms with Crippen LogP contribution in [0.4, 0.5) is 0 Å². The third-order valence-electron chi connectivity index (χ3n) is 4.64. The lowest BCUT2D eigenvalue weighted by molar-refractivity contribution is -1.00. The molecule has 0 spiro atoms. The summed E-state index contributed by atoms with van der Waals surface area (Å²) in [5.41, 5.74) is 2.50. The maximum absolute atomic E-state index is 5.96. The minimum atomic E-state index is 0.855. The number of aryl methyl sites for hydroxylation is 2. The van der Waals surface area contributed by atoms with Gasteiger partial charge in [0.25, 0.3) is 0 Å². The maximum Gasteiger partial charge on any atom is 0.127 e. The SMILES string of the molecule is Cc1cccc(C)c1OCCCCC[NH+]1CC[NH+](C)CC1. The zero-order valence-electron chi connectivity index (χ0n) is 14.0. The molecular formula is C18H32N2O+2. The molecule has 118 valence electrons. The normalized spacial score (nSPS) is 22.2. The first-order valence-corrected chi connectivity index (χ1v) is 8.50. The van der Waals surface area contributed by atoms with Crippen molar-refractivity contribution in [2.45, 2.75) is 33.1 Å². The van der Waals surface area contributed by atoms with Crippen molar-refractivity contribution in [3.05, 3.63) is 29.3 Å². The Labute approximate surface area is 129 Å². The van der Waals surface area contributed by atoms with Crippen LogP contribution in [-0.4, -0.2) is 46.4 Å². The minimum Gasteiger partial charge on any atom is -0.493 e. The standard InChI is InChI=1S/C18H30N2O/c1-16-8-7-9-17(2)18(16)21-15-6-4-5-10-20-13-11-19(3)12-14-20/h7-9H,4-6,10-15H2,1-3H3/p+2. The second-order valence-corrected chi connectivity index (χ2v) is 6.59. The number of nitrogens with one attached hydrogen (secondary N) is 2. The summed E-state index contributed by atoms with van der Waals surface area (Å²) in [6.07, 6.45) is 3.80. The van der Waals surface area contributed by atoms with Gasteiger partial charge in [-0.15, -0.1) is 0 Å². The van der Waals surface area contributed by atoms with Crippen LogP contribution in [0.5, 0.6) is 5.75 Å². The van der Waals surface area contributed by atoms with Crippen LogP contribution in [0.2, 0.25) is 0 Å². The predicted octanol–water partition coefficient (Wildman–Crippen LogP) is 0.266. The van der Waals surface area contributed by atoms with E-state index in [1.54, 1.807) is 9.80 Å². The van der Waals surface area contributed by atoms with Crippen molar-refractivity contribution in [3.8, 4) is 5.75 Å². The van der Waals surface area contributed by atoms with E-state index in [1.807, 2.05) is 0 Å². The predicted molar refractivity (Wildman–Crippen MR) is 87.4 cm³/mol. The smallest absolute Gasteiger partial charge is 0.127 e. The molecule has 1 aliphatic heterocycles. The van der Waals surface area contributed by atoms with Crippen molar-refractivity contribution >= 4 is 0 Å². The highest BCUT2D eigenvalue weighted by Gasteiger charge is 2.18. The van der Waals surface area contributed by atoms with Gasteiger partial charge in [0.05, 0.1) is 20.2 Å². The number of benzene rings is 1. The first-order chi connectivity index (χ1) is 10.2. The number of likely N-dealkylation sites (N-methyl/N-ethyl adjacent to an activating group) is 1. The van der Waals surface area contributed by atoms with E-state index < -0.39 is 0 Å². The lowest BCUT2D eigenvalue weighted by Gasteiger charge is -2.27. The van der Waals surface area contributed by atoms with E-state index in [9.17, 15) is 0 Å². The summed E-state index contributed by atoms with van der Waals surface area (Å²) in [7, 11) is 2.31. The van der Waals surface area contributed by atoms with Gasteiger partial charge in [0.1, 0.15) is 31.9 Å². The molecule has 0 aliphatic carbocycles. The third-order valence-corrected chi connectivity index (χ3v) is 4.64. The third kappa shape index (κ3) is 5.33. The van der Waals surface area contributed by atoms with Gasteiger partial charge in [0, 0.05) is 0 Å². The van der Waals surface area contributed by atoms with Crippen LogP contribution < -0.4 is 14.5 Å². The Hall–Kier alpha value is -1.06. The van der Waals surface area contributed by atoms with E-state index in [-0.39, 0.29) is 0 Å². The van der Waals surface area contributed by atoms with Gasteiger partial charge in [-0.1, -0.05) is 18.2 Å². The molecular weight excluding hydrogens is 260 g/mol. The average molecular weight is 292 g/mol. The largest absolute Gasteiger partial charge is 0.493 e. The van der Waals surface area contributed by atoms with E-state index in [0.717, 1.165) is 12.4 Å². The Morgan fingerprint density at radius 2 is 1.62 bits per heavy atom. The van der Waals surface area contributed by atoms with Gasteiger partial charge in [-0.05, 0) is 44.2 Å². The van der Waals surface area contributed by atoms with Crippen molar-refractivity contribution in [1.29, 1.82) is 0 Å². The van der Waals surface area contributed by atoms with Gasteiger partial charge in [-0.3, -0.25) is 0 Å². The molecule has 0 radical (unpaired) electrons. The van der Waals surface area contributed by atoms with E-state index in [0.29, 0.717) is 0 Å². The average Bonchev–Trinajstić information content (AvgIpc) is 2.47. The number of hydrogen-bond donors (Lipinski definition) is 2. The van der Waals surface area contributed by atoms with Gasteiger partial charge in [-0.2, -0.15) is 0 Å². The Morgan fingerprint density at radius 1 is 0.952 bits per heavy atom. The molecule has 0 bridgehead atoms. The first kappa shape index (κ1) is 16.3. The summed E-state index contributed by atoms with van der Waals surface area (Å²) in [6.45, 7) is 11.8. The van der Waals surface area contributed by atoms with Gasteiger partial charge in [0.2, 0.25) is 0 Å². The van der Waals surface area contributed by atoms with Crippen LogP contribution in [-0.2, 0) is 0 Å². The minimum absolute atomic E-state index is 0.855. The van der Waals surface area contributed by atoms with Gasteiger partial charge in [-0.25, -0.2) is 0 Å². The van der Waals surface area contributed by atoms with Gasteiger partial charge < -0.3 is 14.5 Å². The molecule has 1 aromatic rings. The molecule has 2 N–H and O–H groups in total. The molecule has 2 rings (SSSR count). The molecule has 1 saturated heterocycles. The zero-order chi connectivity index (χ0) is 15.1. The number of hydrogen-bond acceptors (Lipinski definition) is 1. The van der Waals surface area contributed by atoms with Crippen molar-refractivity contribution in [3.63, 3.8) is 0 Å². The lowest BCUT2D eigenvalue weighted by Crippen LogP contribution is -3.27. The highest BCUT2D eigenvalue weighted by Crippen LogP contribution is 2.22. The molecule has 1 aromatic carbocycles. The van der Waals surface area contributed by atoms with Crippen LogP contribution in [0.15, 0.2) is 18.2 Å². The Bertz CT molecular complexity index is 405. The van der Waals surface area contributed by atoms with Crippen LogP contribution in [0.3, 0.4) is 0 Å². The highest BCUT2D eigenvalue weighted by molar-refractivity contribution is 5.39. The Morgan fingerprint density at radius 3 is 2.29 bits per heavy atom. The Balaban J connectivity index is 1.56. The highest BCUT2D eigenvalue weighted by atomic mass is 16.5. The van der Waals surface area contributed by atoms with Crippen LogP contribution in [0, 0.1) is 13.8 Å². The summed E-state index contributed by atoms with van der Waals surface area (Å²) < 4.78 is 5.96. The number of quaternary nitrogens is 2. The van der Waals surface area contributed by atoms with Crippen molar-refractivity contribution in [2.24, 2.45) is 0 Å². The fourth-order valence-corrected chi connectivity index (χ4v) is 3.14. The van der Waals surface area contributed by atoms with Crippen molar-refractivity contribution < 1.29 is 14.5 Å². The second kappa shape index (κ2) is 8.40. The molecule has 0 amide bonds. The summed E-state index contributed by atoms with van der Waals surface area (Å²) in [4.78, 5) is 3.50. The Kier molecular flexibility index (Phi) is 6.52. The number of piperazine rings is 1. The van der Waals surface area contributed by atoms with Crippen LogP contribution in [0.25, 0.3) is 0 Å². The van der Waals surface area contributed by atoms with Gasteiger partial charge in [0.15, 0.2) is 0 Å². The number of para-hydroxylation sites is 1. The van der Waals surface area contributed by atoms with E-state index >= 15 is 0 Å². The summed E-state index contributed by atoms with van der Waals surface area (Å²) in [5.74, 6) is 1.09. The lowest BCUT2D eigenvalue weighted by atomic mass is 10.1. The summed E-state index contributed by atoms with van der Waals surface area (Å²) in [6, 6.07) is 6.35. The second-order valence-electron chi connectivity index (χ2n) is 6.59. The van der Waals surface area contributed by atoms with Crippen molar-refractivity contribution in [2.75, 3.05) is 46.4 Å². The number of unbranched alkanes of at least 4 members (excludes halogenated alkanes) is 2.